The quantitative estimate of drug-likeness (QED) is 0.877. The van der Waals surface area contributed by atoms with Gasteiger partial charge in [-0.2, -0.15) is 0 Å². The summed E-state index contributed by atoms with van der Waals surface area (Å²) in [5.41, 5.74) is 6.45. The maximum atomic E-state index is 12.8. The van der Waals surface area contributed by atoms with E-state index in [2.05, 4.69) is 10.3 Å². The molecule has 1 aromatic heterocycles. The number of nitrogens with two attached hydrogens (primary N) is 1. The highest BCUT2D eigenvalue weighted by Gasteiger charge is 2.10. The summed E-state index contributed by atoms with van der Waals surface area (Å²) in [5, 5.41) is 2.64. The zero-order valence-electron chi connectivity index (χ0n) is 9.15. The molecule has 0 atom stereocenters. The summed E-state index contributed by atoms with van der Waals surface area (Å²) in [7, 11) is 0. The Bertz CT molecular complexity index is 604. The molecule has 6 heteroatoms. The normalized spacial score (nSPS) is 10.1. The maximum absolute atomic E-state index is 12.8. The lowest BCUT2D eigenvalue weighted by molar-refractivity contribution is 0.102. The molecule has 92 valence electrons. The van der Waals surface area contributed by atoms with E-state index in [1.165, 1.54) is 24.4 Å². The number of carbonyl (C=O) groups excluding carboxylic acids is 1. The maximum Gasteiger partial charge on any atom is 0.274 e. The molecule has 2 rings (SSSR count). The highest BCUT2D eigenvalue weighted by atomic mass is 35.5. The Hall–Kier alpha value is -2.14. The van der Waals surface area contributed by atoms with Gasteiger partial charge in [-0.25, -0.2) is 4.39 Å². The van der Waals surface area contributed by atoms with E-state index in [1.54, 1.807) is 6.07 Å². The molecule has 1 heterocycles. The molecule has 3 N–H and O–H groups in total. The fourth-order valence-corrected chi connectivity index (χ4v) is 1.56. The van der Waals surface area contributed by atoms with Crippen molar-refractivity contribution in [2.75, 3.05) is 11.1 Å². The number of halogens is 2. The molecule has 0 saturated carbocycles. The van der Waals surface area contributed by atoms with Gasteiger partial charge in [-0.05, 0) is 30.3 Å². The van der Waals surface area contributed by atoms with Crippen LogP contribution in [0.25, 0.3) is 0 Å². The van der Waals surface area contributed by atoms with Crippen molar-refractivity contribution in [2.24, 2.45) is 0 Å². The van der Waals surface area contributed by atoms with E-state index in [9.17, 15) is 9.18 Å². The molecule has 0 aliphatic rings. The molecule has 0 fully saturated rings. The lowest BCUT2D eigenvalue weighted by atomic mass is 10.2. The van der Waals surface area contributed by atoms with Gasteiger partial charge in [0.15, 0.2) is 0 Å². The summed E-state index contributed by atoms with van der Waals surface area (Å²) in [4.78, 5) is 15.7. The first-order valence-electron chi connectivity index (χ1n) is 5.04. The number of benzene rings is 1. The molecule has 0 aliphatic heterocycles. The van der Waals surface area contributed by atoms with E-state index < -0.39 is 11.7 Å². The highest BCUT2D eigenvalue weighted by molar-refractivity contribution is 6.33. The van der Waals surface area contributed by atoms with Gasteiger partial charge >= 0.3 is 0 Å². The first kappa shape index (κ1) is 12.3. The average molecular weight is 266 g/mol. The molecule has 2 aromatic rings. The van der Waals surface area contributed by atoms with Gasteiger partial charge in [0.1, 0.15) is 11.5 Å². The van der Waals surface area contributed by atoms with Crippen molar-refractivity contribution < 1.29 is 9.18 Å². The number of rotatable bonds is 2. The standard InChI is InChI=1S/C12H9ClFN3O/c13-9-5-7(14)1-2-10(9)17-12(18)11-6-8(15)3-4-16-11/h1-6H,(H2,15,16)(H,17,18). The summed E-state index contributed by atoms with van der Waals surface area (Å²) in [6.07, 6.45) is 1.43. The van der Waals surface area contributed by atoms with Crippen molar-refractivity contribution in [3.8, 4) is 0 Å². The van der Waals surface area contributed by atoms with Gasteiger partial charge in [0, 0.05) is 11.9 Å². The van der Waals surface area contributed by atoms with E-state index in [0.29, 0.717) is 11.4 Å². The zero-order valence-corrected chi connectivity index (χ0v) is 9.91. The minimum absolute atomic E-state index is 0.118. The van der Waals surface area contributed by atoms with Crippen LogP contribution >= 0.6 is 11.6 Å². The van der Waals surface area contributed by atoms with E-state index >= 15 is 0 Å². The van der Waals surface area contributed by atoms with Gasteiger partial charge in [0.05, 0.1) is 10.7 Å². The topological polar surface area (TPSA) is 68.0 Å². The molecule has 18 heavy (non-hydrogen) atoms. The third-order valence-corrected chi connectivity index (χ3v) is 2.51. The molecule has 0 saturated heterocycles. The second kappa shape index (κ2) is 5.01. The van der Waals surface area contributed by atoms with Crippen molar-refractivity contribution in [1.82, 2.24) is 4.98 Å². The van der Waals surface area contributed by atoms with Gasteiger partial charge in [-0.1, -0.05) is 11.6 Å². The monoisotopic (exact) mass is 265 g/mol. The van der Waals surface area contributed by atoms with Gasteiger partial charge < -0.3 is 11.1 Å². The van der Waals surface area contributed by atoms with Gasteiger partial charge in [0.25, 0.3) is 5.91 Å². The van der Waals surface area contributed by atoms with Gasteiger partial charge in [0.2, 0.25) is 0 Å². The number of amides is 1. The summed E-state index contributed by atoms with van der Waals surface area (Å²) in [6, 6.07) is 6.70. The third-order valence-electron chi connectivity index (χ3n) is 2.20. The summed E-state index contributed by atoms with van der Waals surface area (Å²) in [6.45, 7) is 0. The Morgan fingerprint density at radius 3 is 2.78 bits per heavy atom. The number of pyridine rings is 1. The minimum Gasteiger partial charge on any atom is -0.399 e. The van der Waals surface area contributed by atoms with Crippen molar-refractivity contribution in [3.63, 3.8) is 0 Å². The van der Waals surface area contributed by atoms with Gasteiger partial charge in [-0.15, -0.1) is 0 Å². The molecule has 0 radical (unpaired) electrons. The third kappa shape index (κ3) is 2.75. The smallest absolute Gasteiger partial charge is 0.274 e. The highest BCUT2D eigenvalue weighted by Crippen LogP contribution is 2.22. The second-order valence-electron chi connectivity index (χ2n) is 3.55. The lowest BCUT2D eigenvalue weighted by Gasteiger charge is -2.06. The van der Waals surface area contributed by atoms with Crippen LogP contribution in [0.3, 0.4) is 0 Å². The average Bonchev–Trinajstić information content (AvgIpc) is 2.32. The largest absolute Gasteiger partial charge is 0.399 e. The Labute approximate surface area is 108 Å². The molecule has 0 spiro atoms. The van der Waals surface area contributed by atoms with Crippen molar-refractivity contribution in [1.29, 1.82) is 0 Å². The van der Waals surface area contributed by atoms with Gasteiger partial charge in [-0.3, -0.25) is 9.78 Å². The van der Waals surface area contributed by atoms with Crippen LogP contribution < -0.4 is 11.1 Å². The fourth-order valence-electron chi connectivity index (χ4n) is 1.35. The number of carbonyl (C=O) groups is 1. The van der Waals surface area contributed by atoms with Crippen molar-refractivity contribution >= 4 is 28.9 Å². The van der Waals surface area contributed by atoms with Crippen molar-refractivity contribution in [3.05, 3.63) is 53.1 Å². The molecular formula is C12H9ClFN3O. The van der Waals surface area contributed by atoms with Crippen molar-refractivity contribution in [2.45, 2.75) is 0 Å². The van der Waals surface area contributed by atoms with Crippen LogP contribution in [0.15, 0.2) is 36.5 Å². The second-order valence-corrected chi connectivity index (χ2v) is 3.96. The summed E-state index contributed by atoms with van der Waals surface area (Å²) < 4.78 is 12.8. The predicted octanol–water partition coefficient (Wildman–Crippen LogP) is 2.71. The van der Waals surface area contributed by atoms with E-state index in [0.717, 1.165) is 6.07 Å². The van der Waals surface area contributed by atoms with Crippen LogP contribution in [0.4, 0.5) is 15.8 Å². The molecule has 1 amide bonds. The fraction of sp³-hybridized carbons (Fsp3) is 0. The number of nitrogen functional groups attached to an aromatic ring is 1. The number of aromatic nitrogens is 1. The van der Waals surface area contributed by atoms with Crippen LogP contribution in [0.5, 0.6) is 0 Å². The lowest BCUT2D eigenvalue weighted by Crippen LogP contribution is -2.14. The molecule has 1 aromatic carbocycles. The van der Waals surface area contributed by atoms with E-state index in [4.69, 9.17) is 17.3 Å². The van der Waals surface area contributed by atoms with Crippen LogP contribution in [0.1, 0.15) is 10.5 Å². The molecule has 0 aliphatic carbocycles. The number of anilines is 2. The number of nitrogens with one attached hydrogen (secondary N) is 1. The Morgan fingerprint density at radius 2 is 2.11 bits per heavy atom. The van der Waals surface area contributed by atoms with Crippen LogP contribution in [-0.4, -0.2) is 10.9 Å². The Kier molecular flexibility index (Phi) is 3.43. The van der Waals surface area contributed by atoms with Crippen LogP contribution in [0, 0.1) is 5.82 Å². The molecular weight excluding hydrogens is 257 g/mol. The predicted molar refractivity (Wildman–Crippen MR) is 68.0 cm³/mol. The number of nitrogens with zero attached hydrogens (tertiary/aromatic N) is 1. The van der Waals surface area contributed by atoms with E-state index in [-0.39, 0.29) is 10.7 Å². The first-order chi connectivity index (χ1) is 8.56. The molecule has 4 nitrogen and oxygen atoms in total. The minimum atomic E-state index is -0.472. The Morgan fingerprint density at radius 1 is 1.33 bits per heavy atom. The Balaban J connectivity index is 2.21. The number of hydrogen-bond acceptors (Lipinski definition) is 3. The van der Waals surface area contributed by atoms with E-state index in [1.807, 2.05) is 0 Å². The molecule has 0 bridgehead atoms. The molecule has 0 unspecified atom stereocenters. The van der Waals surface area contributed by atoms with Crippen LogP contribution in [0.2, 0.25) is 5.02 Å². The number of hydrogen-bond donors (Lipinski definition) is 2. The first-order valence-corrected chi connectivity index (χ1v) is 5.42. The summed E-state index contributed by atoms with van der Waals surface area (Å²) in [5.74, 6) is -0.934. The van der Waals surface area contributed by atoms with Crippen LogP contribution in [-0.2, 0) is 0 Å². The zero-order chi connectivity index (χ0) is 13.1. The SMILES string of the molecule is Nc1ccnc(C(=O)Nc2ccc(F)cc2Cl)c1. The summed E-state index contributed by atoms with van der Waals surface area (Å²) >= 11 is 5.79.